The number of benzene rings is 1. The number of carbonyl (C=O) groups excluding carboxylic acids is 1. The third-order valence-corrected chi connectivity index (χ3v) is 6.78. The molecule has 0 amide bonds. The number of methoxy groups -OCH3 is 1. The quantitative estimate of drug-likeness (QED) is 0.806. The number of Topliss-reactive ketones (excluding diaryl/α,β-unsaturated/α-hetero) is 1. The summed E-state index contributed by atoms with van der Waals surface area (Å²) in [5, 5.41) is 0.295. The molecule has 2 aliphatic rings. The average Bonchev–Trinajstić information content (AvgIpc) is 2.46. The molecule has 114 valence electrons. The second-order valence-electron chi connectivity index (χ2n) is 5.89. The average molecular weight is 310 g/mol. The maximum Gasteiger partial charge on any atom is 0.166 e. The van der Waals surface area contributed by atoms with Crippen LogP contribution < -0.4 is 4.74 Å². The third-order valence-electron chi connectivity index (χ3n) is 4.61. The van der Waals surface area contributed by atoms with Crippen molar-refractivity contribution in [3.63, 3.8) is 0 Å². The second kappa shape index (κ2) is 5.87. The fourth-order valence-electron chi connectivity index (χ4n) is 3.50. The highest BCUT2D eigenvalue weighted by molar-refractivity contribution is 7.86. The molecule has 1 aromatic carbocycles. The monoisotopic (exact) mass is 310 g/mol. The van der Waals surface area contributed by atoms with Gasteiger partial charge in [-0.2, -0.15) is 0 Å². The second-order valence-corrected chi connectivity index (χ2v) is 7.88. The van der Waals surface area contributed by atoms with Crippen LogP contribution in [0.5, 0.6) is 5.75 Å². The van der Waals surface area contributed by atoms with Crippen molar-refractivity contribution >= 4 is 16.6 Å². The van der Waals surface area contributed by atoms with Gasteiger partial charge in [-0.05, 0) is 43.9 Å². The van der Waals surface area contributed by atoms with Crippen LogP contribution in [0.2, 0.25) is 0 Å². The number of fused-ring (bicyclic) bond motifs is 2. The van der Waals surface area contributed by atoms with E-state index < -0.39 is 16.6 Å². The summed E-state index contributed by atoms with van der Waals surface area (Å²) in [5.74, 6) is -0.507. The van der Waals surface area contributed by atoms with Gasteiger partial charge in [0, 0.05) is 32.8 Å². The summed E-state index contributed by atoms with van der Waals surface area (Å²) in [7, 11) is 0.615. The summed E-state index contributed by atoms with van der Waals surface area (Å²) in [4.78, 5) is 12.6. The lowest BCUT2D eigenvalue weighted by Gasteiger charge is -2.37. The minimum atomic E-state index is -0.785. The highest BCUT2D eigenvalue weighted by Crippen LogP contribution is 2.38. The molecule has 0 spiro atoms. The summed E-state index contributed by atoms with van der Waals surface area (Å²) in [6.45, 7) is 0. The first-order valence-electron chi connectivity index (χ1n) is 7.37. The lowest BCUT2D eigenvalue weighted by atomic mass is 9.84. The Morgan fingerprint density at radius 2 is 1.95 bits per heavy atom. The first-order valence-corrected chi connectivity index (χ1v) is 8.65. The molecular formula is C16H19FO3S. The van der Waals surface area contributed by atoms with Gasteiger partial charge in [-0.3, -0.25) is 9.00 Å². The molecule has 2 heterocycles. The Labute approximate surface area is 126 Å². The van der Waals surface area contributed by atoms with Crippen molar-refractivity contribution < 1.29 is 18.1 Å². The van der Waals surface area contributed by atoms with E-state index in [-0.39, 0.29) is 28.0 Å². The third kappa shape index (κ3) is 2.76. The summed E-state index contributed by atoms with van der Waals surface area (Å²) in [6, 6.07) is 4.36. The normalized spacial score (nSPS) is 31.7. The zero-order valence-corrected chi connectivity index (χ0v) is 12.8. The molecule has 2 atom stereocenters. The zero-order chi connectivity index (χ0) is 15.0. The SMILES string of the molecule is COc1ccc(C(=O)C2CC3CCCC(C2)S3=O)cc1F. The Morgan fingerprint density at radius 3 is 2.52 bits per heavy atom. The van der Waals surface area contributed by atoms with Crippen LogP contribution in [-0.2, 0) is 10.8 Å². The van der Waals surface area contributed by atoms with Crippen molar-refractivity contribution in [2.75, 3.05) is 7.11 Å². The van der Waals surface area contributed by atoms with E-state index in [4.69, 9.17) is 4.74 Å². The molecule has 1 aromatic rings. The van der Waals surface area contributed by atoms with Gasteiger partial charge in [0.1, 0.15) is 0 Å². The molecule has 0 aromatic heterocycles. The van der Waals surface area contributed by atoms with Gasteiger partial charge in [-0.25, -0.2) is 4.39 Å². The van der Waals surface area contributed by atoms with Crippen LogP contribution in [0.3, 0.4) is 0 Å². The Bertz CT molecular complexity index is 571. The van der Waals surface area contributed by atoms with Crippen molar-refractivity contribution in [2.24, 2.45) is 5.92 Å². The van der Waals surface area contributed by atoms with Gasteiger partial charge < -0.3 is 4.74 Å². The van der Waals surface area contributed by atoms with Gasteiger partial charge in [0.25, 0.3) is 0 Å². The van der Waals surface area contributed by atoms with Gasteiger partial charge in [-0.15, -0.1) is 0 Å². The molecule has 2 bridgehead atoms. The van der Waals surface area contributed by atoms with Crippen LogP contribution >= 0.6 is 0 Å². The molecule has 0 radical (unpaired) electrons. The number of rotatable bonds is 3. The van der Waals surface area contributed by atoms with Gasteiger partial charge in [0.15, 0.2) is 17.3 Å². The van der Waals surface area contributed by atoms with Crippen LogP contribution in [0, 0.1) is 11.7 Å². The molecule has 2 unspecified atom stereocenters. The van der Waals surface area contributed by atoms with E-state index >= 15 is 0 Å². The minimum absolute atomic E-state index is 0.0230. The molecule has 3 nitrogen and oxygen atoms in total. The van der Waals surface area contributed by atoms with E-state index in [9.17, 15) is 13.4 Å². The van der Waals surface area contributed by atoms with Crippen LogP contribution in [0.25, 0.3) is 0 Å². The summed E-state index contributed by atoms with van der Waals surface area (Å²) in [5.41, 5.74) is 0.393. The largest absolute Gasteiger partial charge is 0.494 e. The summed E-state index contributed by atoms with van der Waals surface area (Å²) in [6.07, 6.45) is 4.36. The predicted octanol–water partition coefficient (Wildman–Crippen LogP) is 3.10. The van der Waals surface area contributed by atoms with E-state index in [0.717, 1.165) is 19.3 Å². The number of hydrogen-bond donors (Lipinski definition) is 0. The maximum absolute atomic E-state index is 13.7. The first-order chi connectivity index (χ1) is 10.1. The van der Waals surface area contributed by atoms with Crippen LogP contribution in [0.1, 0.15) is 42.5 Å². The van der Waals surface area contributed by atoms with Gasteiger partial charge >= 0.3 is 0 Å². The molecule has 0 aliphatic carbocycles. The topological polar surface area (TPSA) is 43.4 Å². The zero-order valence-electron chi connectivity index (χ0n) is 12.0. The summed E-state index contributed by atoms with van der Waals surface area (Å²) >= 11 is 0. The fraction of sp³-hybridized carbons (Fsp3) is 0.562. The van der Waals surface area contributed by atoms with E-state index in [1.54, 1.807) is 6.07 Å². The van der Waals surface area contributed by atoms with Crippen molar-refractivity contribution in [3.05, 3.63) is 29.6 Å². The Balaban J connectivity index is 1.79. The van der Waals surface area contributed by atoms with Crippen molar-refractivity contribution in [3.8, 4) is 5.75 Å². The van der Waals surface area contributed by atoms with Crippen LogP contribution in [-0.4, -0.2) is 27.6 Å². The highest BCUT2D eigenvalue weighted by Gasteiger charge is 2.40. The standard InChI is InChI=1S/C16H19FO3S/c1-20-15-6-5-10(9-14(15)17)16(18)11-7-12-3-2-4-13(8-11)21(12)19/h5-6,9,11-13H,2-4,7-8H2,1H3. The van der Waals surface area contributed by atoms with E-state index in [1.165, 1.54) is 19.2 Å². The Kier molecular flexibility index (Phi) is 4.11. The lowest BCUT2D eigenvalue weighted by Crippen LogP contribution is -2.41. The van der Waals surface area contributed by atoms with E-state index in [0.29, 0.717) is 18.4 Å². The van der Waals surface area contributed by atoms with Crippen molar-refractivity contribution in [1.82, 2.24) is 0 Å². The number of ether oxygens (including phenoxy) is 1. The number of carbonyl (C=O) groups is 1. The van der Waals surface area contributed by atoms with Crippen LogP contribution in [0.15, 0.2) is 18.2 Å². The highest BCUT2D eigenvalue weighted by atomic mass is 32.2. The van der Waals surface area contributed by atoms with Gasteiger partial charge in [0.05, 0.1) is 7.11 Å². The van der Waals surface area contributed by atoms with Crippen molar-refractivity contribution in [2.45, 2.75) is 42.6 Å². The number of ketones is 1. The molecule has 2 saturated heterocycles. The summed E-state index contributed by atoms with van der Waals surface area (Å²) < 4.78 is 30.8. The molecule has 2 fully saturated rings. The molecule has 2 aliphatic heterocycles. The molecule has 5 heteroatoms. The molecule has 0 N–H and O–H groups in total. The number of halogens is 1. The van der Waals surface area contributed by atoms with Crippen LogP contribution in [0.4, 0.5) is 4.39 Å². The molecule has 0 saturated carbocycles. The smallest absolute Gasteiger partial charge is 0.166 e. The number of hydrogen-bond acceptors (Lipinski definition) is 3. The lowest BCUT2D eigenvalue weighted by molar-refractivity contribution is 0.0895. The Hall–Kier alpha value is -1.23. The molecule has 21 heavy (non-hydrogen) atoms. The minimum Gasteiger partial charge on any atom is -0.494 e. The van der Waals surface area contributed by atoms with Gasteiger partial charge in [0.2, 0.25) is 0 Å². The maximum atomic E-state index is 13.7. The van der Waals surface area contributed by atoms with Crippen molar-refractivity contribution in [1.29, 1.82) is 0 Å². The van der Waals surface area contributed by atoms with E-state index in [1.807, 2.05) is 0 Å². The fourth-order valence-corrected chi connectivity index (χ4v) is 5.69. The molecular weight excluding hydrogens is 291 g/mol. The first kappa shape index (κ1) is 14.7. The van der Waals surface area contributed by atoms with Gasteiger partial charge in [-0.1, -0.05) is 6.42 Å². The van der Waals surface area contributed by atoms with E-state index in [2.05, 4.69) is 0 Å². The predicted molar refractivity (Wildman–Crippen MR) is 79.6 cm³/mol. The Morgan fingerprint density at radius 1 is 1.29 bits per heavy atom. The molecule has 3 rings (SSSR count).